The van der Waals surface area contributed by atoms with Crippen molar-refractivity contribution in [3.63, 3.8) is 0 Å². The lowest BCUT2D eigenvalue weighted by atomic mass is 10.1. The molecule has 0 bridgehead atoms. The van der Waals surface area contributed by atoms with Gasteiger partial charge in [-0.25, -0.2) is 4.68 Å². The summed E-state index contributed by atoms with van der Waals surface area (Å²) in [6.45, 7) is 6.27. The lowest BCUT2D eigenvalue weighted by Crippen LogP contribution is -1.99. The number of rotatable bonds is 2. The van der Waals surface area contributed by atoms with Crippen LogP contribution in [0.25, 0.3) is 5.69 Å². The van der Waals surface area contributed by atoms with Crippen molar-refractivity contribution in [1.82, 2.24) is 14.8 Å². The third-order valence-corrected chi connectivity index (χ3v) is 2.34. The van der Waals surface area contributed by atoms with Crippen molar-refractivity contribution in [1.29, 1.82) is 0 Å². The average Bonchev–Trinajstić information content (AvgIpc) is 2.65. The minimum atomic E-state index is 0.446. The Morgan fingerprint density at radius 1 is 1.27 bits per heavy atom. The number of hydrogen-bond acceptors (Lipinski definition) is 2. The lowest BCUT2D eigenvalue weighted by molar-refractivity contribution is 0.805. The molecule has 78 valence electrons. The molecule has 0 saturated heterocycles. The fourth-order valence-corrected chi connectivity index (χ4v) is 1.45. The summed E-state index contributed by atoms with van der Waals surface area (Å²) in [5.41, 5.74) is 3.19. The first-order valence-electron chi connectivity index (χ1n) is 5.15. The molecule has 0 fully saturated rings. The van der Waals surface area contributed by atoms with Crippen molar-refractivity contribution in [3.8, 4) is 5.69 Å². The minimum absolute atomic E-state index is 0.446. The number of hydrogen-bond donors (Lipinski definition) is 0. The quantitative estimate of drug-likeness (QED) is 0.748. The first-order chi connectivity index (χ1) is 7.16. The second-order valence-corrected chi connectivity index (χ2v) is 4.00. The molecule has 0 aliphatic rings. The van der Waals surface area contributed by atoms with Gasteiger partial charge in [-0.15, -0.1) is 0 Å². The van der Waals surface area contributed by atoms with Gasteiger partial charge in [0.05, 0.1) is 11.4 Å². The van der Waals surface area contributed by atoms with Gasteiger partial charge in [-0.1, -0.05) is 13.8 Å². The fourth-order valence-electron chi connectivity index (χ4n) is 1.45. The molecule has 2 rings (SSSR count). The van der Waals surface area contributed by atoms with Gasteiger partial charge in [0.2, 0.25) is 0 Å². The molecule has 0 aliphatic carbocycles. The third kappa shape index (κ3) is 2.06. The van der Waals surface area contributed by atoms with E-state index in [1.54, 1.807) is 0 Å². The molecule has 2 aromatic heterocycles. The molecule has 3 nitrogen and oxygen atoms in total. The van der Waals surface area contributed by atoms with Gasteiger partial charge in [-0.2, -0.15) is 5.10 Å². The Labute approximate surface area is 89.8 Å². The van der Waals surface area contributed by atoms with Gasteiger partial charge in [0.15, 0.2) is 0 Å². The number of aromatic nitrogens is 3. The predicted molar refractivity (Wildman–Crippen MR) is 60.2 cm³/mol. The second-order valence-electron chi connectivity index (χ2n) is 4.00. The molecule has 0 atom stereocenters. The molecular formula is C12H15N3. The molecule has 0 aromatic carbocycles. The van der Waals surface area contributed by atoms with Crippen molar-refractivity contribution in [2.24, 2.45) is 0 Å². The highest BCUT2D eigenvalue weighted by Crippen LogP contribution is 2.15. The predicted octanol–water partition coefficient (Wildman–Crippen LogP) is 2.70. The van der Waals surface area contributed by atoms with Crippen LogP contribution in [0.5, 0.6) is 0 Å². The SMILES string of the molecule is Cc1ccn(-c2ccnc(C(C)C)c2)n1. The van der Waals surface area contributed by atoms with Crippen molar-refractivity contribution in [2.45, 2.75) is 26.7 Å². The maximum Gasteiger partial charge on any atom is 0.0679 e. The maximum absolute atomic E-state index is 4.37. The number of aryl methyl sites for hydroxylation is 1. The van der Waals surface area contributed by atoms with E-state index >= 15 is 0 Å². The molecule has 15 heavy (non-hydrogen) atoms. The Kier molecular flexibility index (Phi) is 2.54. The zero-order chi connectivity index (χ0) is 10.8. The van der Waals surface area contributed by atoms with Crippen molar-refractivity contribution in [3.05, 3.63) is 42.0 Å². The van der Waals surface area contributed by atoms with Gasteiger partial charge in [0.25, 0.3) is 0 Å². The summed E-state index contributed by atoms with van der Waals surface area (Å²) in [5.74, 6) is 0.446. The summed E-state index contributed by atoms with van der Waals surface area (Å²) in [6.07, 6.45) is 3.80. The highest BCUT2D eigenvalue weighted by molar-refractivity contribution is 5.32. The molecule has 0 aliphatic heterocycles. The molecule has 2 aromatic rings. The van der Waals surface area contributed by atoms with Crippen LogP contribution in [0.15, 0.2) is 30.6 Å². The number of nitrogens with zero attached hydrogens (tertiary/aromatic N) is 3. The topological polar surface area (TPSA) is 30.7 Å². The second kappa shape index (κ2) is 3.85. The van der Waals surface area contributed by atoms with Crippen LogP contribution in [-0.4, -0.2) is 14.8 Å². The minimum Gasteiger partial charge on any atom is -0.261 e. The van der Waals surface area contributed by atoms with E-state index in [0.717, 1.165) is 17.1 Å². The van der Waals surface area contributed by atoms with E-state index in [2.05, 4.69) is 30.0 Å². The Morgan fingerprint density at radius 2 is 2.07 bits per heavy atom. The Hall–Kier alpha value is -1.64. The van der Waals surface area contributed by atoms with Gasteiger partial charge in [0.1, 0.15) is 0 Å². The van der Waals surface area contributed by atoms with E-state index in [0.29, 0.717) is 5.92 Å². The first kappa shape index (κ1) is 9.90. The molecule has 0 amide bonds. The molecule has 0 spiro atoms. The number of pyridine rings is 1. The van der Waals surface area contributed by atoms with Gasteiger partial charge < -0.3 is 0 Å². The summed E-state index contributed by atoms with van der Waals surface area (Å²) in [7, 11) is 0. The average molecular weight is 201 g/mol. The van der Waals surface area contributed by atoms with Gasteiger partial charge in [-0.05, 0) is 31.0 Å². The van der Waals surface area contributed by atoms with E-state index in [1.165, 1.54) is 0 Å². The highest BCUT2D eigenvalue weighted by Gasteiger charge is 2.03. The lowest BCUT2D eigenvalue weighted by Gasteiger charge is -2.06. The normalized spacial score (nSPS) is 10.9. The molecule has 2 heterocycles. The molecular weight excluding hydrogens is 186 g/mol. The Bertz CT molecular complexity index is 457. The van der Waals surface area contributed by atoms with Crippen LogP contribution in [0.1, 0.15) is 31.2 Å². The molecule has 0 saturated carbocycles. The van der Waals surface area contributed by atoms with E-state index in [-0.39, 0.29) is 0 Å². The standard InChI is InChI=1S/C12H15N3/c1-9(2)12-8-11(4-6-13-12)15-7-5-10(3)14-15/h4-9H,1-3H3. The van der Waals surface area contributed by atoms with Gasteiger partial charge in [-0.3, -0.25) is 4.98 Å². The van der Waals surface area contributed by atoms with Crippen LogP contribution >= 0.6 is 0 Å². The van der Waals surface area contributed by atoms with Crippen LogP contribution < -0.4 is 0 Å². The van der Waals surface area contributed by atoms with Crippen molar-refractivity contribution >= 4 is 0 Å². The largest absolute Gasteiger partial charge is 0.261 e. The van der Waals surface area contributed by atoms with Crippen LogP contribution in [0.3, 0.4) is 0 Å². The molecule has 0 radical (unpaired) electrons. The van der Waals surface area contributed by atoms with Crippen LogP contribution in [0.4, 0.5) is 0 Å². The summed E-state index contributed by atoms with van der Waals surface area (Å²) in [4.78, 5) is 4.33. The van der Waals surface area contributed by atoms with Crippen LogP contribution in [-0.2, 0) is 0 Å². The smallest absolute Gasteiger partial charge is 0.0679 e. The van der Waals surface area contributed by atoms with E-state index in [9.17, 15) is 0 Å². The van der Waals surface area contributed by atoms with E-state index in [4.69, 9.17) is 0 Å². The summed E-state index contributed by atoms with van der Waals surface area (Å²) < 4.78 is 1.88. The monoisotopic (exact) mass is 201 g/mol. The van der Waals surface area contributed by atoms with Crippen LogP contribution in [0.2, 0.25) is 0 Å². The van der Waals surface area contributed by atoms with Crippen molar-refractivity contribution < 1.29 is 0 Å². The van der Waals surface area contributed by atoms with Crippen molar-refractivity contribution in [2.75, 3.05) is 0 Å². The van der Waals surface area contributed by atoms with E-state index in [1.807, 2.05) is 36.1 Å². The summed E-state index contributed by atoms with van der Waals surface area (Å²) in [5, 5.41) is 4.37. The van der Waals surface area contributed by atoms with E-state index < -0.39 is 0 Å². The summed E-state index contributed by atoms with van der Waals surface area (Å²) >= 11 is 0. The molecule has 0 N–H and O–H groups in total. The Balaban J connectivity index is 2.41. The zero-order valence-electron chi connectivity index (χ0n) is 9.31. The molecule has 3 heteroatoms. The summed E-state index contributed by atoms with van der Waals surface area (Å²) in [6, 6.07) is 6.05. The third-order valence-electron chi connectivity index (χ3n) is 2.34. The first-order valence-corrected chi connectivity index (χ1v) is 5.15. The van der Waals surface area contributed by atoms with Crippen LogP contribution in [0, 0.1) is 6.92 Å². The Morgan fingerprint density at radius 3 is 2.67 bits per heavy atom. The maximum atomic E-state index is 4.37. The fraction of sp³-hybridized carbons (Fsp3) is 0.333. The molecule has 0 unspecified atom stereocenters. The zero-order valence-corrected chi connectivity index (χ0v) is 9.31. The van der Waals surface area contributed by atoms with Gasteiger partial charge >= 0.3 is 0 Å². The van der Waals surface area contributed by atoms with Gasteiger partial charge in [0, 0.05) is 18.1 Å². The highest BCUT2D eigenvalue weighted by atomic mass is 15.3.